The summed E-state index contributed by atoms with van der Waals surface area (Å²) < 4.78 is 49.8. The van der Waals surface area contributed by atoms with Gasteiger partial charge in [0.2, 0.25) is 0 Å². The predicted octanol–water partition coefficient (Wildman–Crippen LogP) is 3.00. The summed E-state index contributed by atoms with van der Waals surface area (Å²) in [5.74, 6) is -0.154. The van der Waals surface area contributed by atoms with Crippen LogP contribution in [-0.2, 0) is 16.4 Å². The fourth-order valence-corrected chi connectivity index (χ4v) is 5.42. The van der Waals surface area contributed by atoms with Gasteiger partial charge in [-0.25, -0.2) is 22.2 Å². The largest absolute Gasteiger partial charge is 0.356 e. The predicted molar refractivity (Wildman–Crippen MR) is 113 cm³/mol. The summed E-state index contributed by atoms with van der Waals surface area (Å²) in [6.45, 7) is 0.676. The maximum atomic E-state index is 13.3. The third-order valence-electron chi connectivity index (χ3n) is 4.92. The van der Waals surface area contributed by atoms with Crippen LogP contribution in [0.4, 0.5) is 8.78 Å². The minimum Gasteiger partial charge on any atom is -0.356 e. The Labute approximate surface area is 176 Å². The highest BCUT2D eigenvalue weighted by Crippen LogP contribution is 2.19. The van der Waals surface area contributed by atoms with Crippen molar-refractivity contribution < 1.29 is 17.2 Å². The summed E-state index contributed by atoms with van der Waals surface area (Å²) in [6, 6.07) is 3.70. The maximum absolute atomic E-state index is 13.3. The van der Waals surface area contributed by atoms with Crippen LogP contribution < -0.4 is 10.6 Å². The van der Waals surface area contributed by atoms with Crippen molar-refractivity contribution in [3.05, 3.63) is 35.4 Å². The lowest BCUT2D eigenvalue weighted by Crippen LogP contribution is -2.44. The van der Waals surface area contributed by atoms with E-state index >= 15 is 0 Å². The second kappa shape index (κ2) is 9.99. The first-order valence-electron chi connectivity index (χ1n) is 9.10. The van der Waals surface area contributed by atoms with Gasteiger partial charge < -0.3 is 10.6 Å². The van der Waals surface area contributed by atoms with Gasteiger partial charge in [-0.2, -0.15) is 0 Å². The third-order valence-corrected chi connectivity index (χ3v) is 6.76. The number of hydrogen-bond donors (Lipinski definition) is 2. The minimum atomic E-state index is -2.91. The Morgan fingerprint density at radius 3 is 2.37 bits per heavy atom. The molecule has 1 saturated carbocycles. The third kappa shape index (κ3) is 7.17. The zero-order valence-electron chi connectivity index (χ0n) is 15.1. The number of aliphatic imine (C=N–C) groups is 1. The summed E-state index contributed by atoms with van der Waals surface area (Å²) >= 11 is 0. The van der Waals surface area contributed by atoms with E-state index in [1.54, 1.807) is 0 Å². The summed E-state index contributed by atoms with van der Waals surface area (Å²) in [7, 11) is -2.91. The van der Waals surface area contributed by atoms with Gasteiger partial charge in [0.1, 0.15) is 11.6 Å². The number of rotatable bonds is 5. The lowest BCUT2D eigenvalue weighted by Gasteiger charge is -2.19. The van der Waals surface area contributed by atoms with Gasteiger partial charge in [0.05, 0.1) is 18.1 Å². The van der Waals surface area contributed by atoms with Crippen molar-refractivity contribution in [2.75, 3.05) is 18.1 Å². The average molecular weight is 513 g/mol. The molecule has 0 aromatic heterocycles. The quantitative estimate of drug-likeness (QED) is 0.361. The van der Waals surface area contributed by atoms with Crippen molar-refractivity contribution in [3.8, 4) is 0 Å². The smallest absolute Gasteiger partial charge is 0.191 e. The summed E-state index contributed by atoms with van der Waals surface area (Å²) in [5, 5.41) is 6.57. The zero-order chi connectivity index (χ0) is 18.6. The van der Waals surface area contributed by atoms with Crippen molar-refractivity contribution in [2.24, 2.45) is 10.9 Å². The first-order valence-corrected chi connectivity index (χ1v) is 10.9. The first kappa shape index (κ1) is 22.3. The number of nitrogens with zero attached hydrogens (tertiary/aromatic N) is 1. The molecule has 0 radical (unpaired) electrons. The zero-order valence-corrected chi connectivity index (χ0v) is 18.2. The van der Waals surface area contributed by atoms with Crippen molar-refractivity contribution in [3.63, 3.8) is 0 Å². The van der Waals surface area contributed by atoms with Crippen molar-refractivity contribution in [1.82, 2.24) is 10.6 Å². The molecule has 5 nitrogen and oxygen atoms in total. The summed E-state index contributed by atoms with van der Waals surface area (Å²) in [6.07, 6.45) is 5.11. The Balaban J connectivity index is 0.00000261. The van der Waals surface area contributed by atoms with Gasteiger partial charge in [-0.05, 0) is 42.9 Å². The van der Waals surface area contributed by atoms with Gasteiger partial charge in [-0.15, -0.1) is 24.0 Å². The van der Waals surface area contributed by atoms with Crippen LogP contribution in [0.5, 0.6) is 0 Å². The molecular formula is C18H26F2IN3O2S. The molecule has 1 aromatic carbocycles. The van der Waals surface area contributed by atoms with Crippen molar-refractivity contribution in [1.29, 1.82) is 0 Å². The molecule has 2 aliphatic rings. The van der Waals surface area contributed by atoms with E-state index in [1.165, 1.54) is 25.0 Å². The minimum absolute atomic E-state index is 0. The molecule has 0 amide bonds. The molecular weight excluding hydrogens is 487 g/mol. The van der Waals surface area contributed by atoms with Gasteiger partial charge in [0.25, 0.3) is 0 Å². The molecule has 9 heteroatoms. The SMILES string of the molecule is I.O=S1(=O)CCC(CNC(=NCc2cc(F)cc(F)c2)NC2CCCC2)C1. The highest BCUT2D eigenvalue weighted by Gasteiger charge is 2.28. The maximum Gasteiger partial charge on any atom is 0.191 e. The molecule has 1 unspecified atom stereocenters. The molecule has 1 atom stereocenters. The van der Waals surface area contributed by atoms with E-state index < -0.39 is 21.5 Å². The second-order valence-corrected chi connectivity index (χ2v) is 9.45. The molecule has 1 saturated heterocycles. The van der Waals surface area contributed by atoms with Crippen LogP contribution in [0.1, 0.15) is 37.7 Å². The van der Waals surface area contributed by atoms with Crippen molar-refractivity contribution >= 4 is 39.8 Å². The van der Waals surface area contributed by atoms with E-state index in [9.17, 15) is 17.2 Å². The molecule has 1 aliphatic carbocycles. The van der Waals surface area contributed by atoms with E-state index in [0.717, 1.165) is 18.9 Å². The van der Waals surface area contributed by atoms with Crippen molar-refractivity contribution in [2.45, 2.75) is 44.7 Å². The molecule has 2 fully saturated rings. The Bertz CT molecular complexity index is 748. The summed E-state index contributed by atoms with van der Waals surface area (Å²) in [4.78, 5) is 4.45. The highest BCUT2D eigenvalue weighted by molar-refractivity contribution is 14.0. The Hall–Kier alpha value is -0.970. The number of guanidine groups is 1. The average Bonchev–Trinajstić information content (AvgIpc) is 3.18. The standard InChI is InChI=1S/C18H25F2N3O2S.HI/c19-15-7-14(8-16(20)9-15)11-22-18(23-17-3-1-2-4-17)21-10-13-5-6-26(24,25)12-13;/h7-9,13,17H,1-6,10-12H2,(H2,21,22,23);1H. The normalized spacial score (nSPS) is 22.4. The Kier molecular flexibility index (Phi) is 8.26. The number of nitrogens with one attached hydrogen (secondary N) is 2. The number of halogens is 3. The summed E-state index contributed by atoms with van der Waals surface area (Å²) in [5.41, 5.74) is 0.457. The molecule has 3 rings (SSSR count). The van der Waals surface area contributed by atoms with Gasteiger partial charge in [0.15, 0.2) is 15.8 Å². The van der Waals surface area contributed by atoms with Crippen LogP contribution in [0.15, 0.2) is 23.2 Å². The fraction of sp³-hybridized carbons (Fsp3) is 0.611. The van der Waals surface area contributed by atoms with Crippen LogP contribution in [0.25, 0.3) is 0 Å². The fourth-order valence-electron chi connectivity index (χ4n) is 3.56. The Morgan fingerprint density at radius 1 is 1.11 bits per heavy atom. The molecule has 2 N–H and O–H groups in total. The molecule has 1 heterocycles. The molecule has 0 spiro atoms. The highest BCUT2D eigenvalue weighted by atomic mass is 127. The van der Waals surface area contributed by atoms with Crippen LogP contribution in [-0.4, -0.2) is 38.5 Å². The molecule has 1 aromatic rings. The lowest BCUT2D eigenvalue weighted by atomic mass is 10.1. The van der Waals surface area contributed by atoms with Crippen LogP contribution in [0, 0.1) is 17.6 Å². The van der Waals surface area contributed by atoms with E-state index in [4.69, 9.17) is 0 Å². The number of benzene rings is 1. The van der Waals surface area contributed by atoms with E-state index in [-0.39, 0.29) is 47.9 Å². The number of sulfone groups is 1. The topological polar surface area (TPSA) is 70.6 Å². The van der Waals surface area contributed by atoms with Gasteiger partial charge in [-0.3, -0.25) is 0 Å². The lowest BCUT2D eigenvalue weighted by molar-refractivity contribution is 0.553. The second-order valence-electron chi connectivity index (χ2n) is 7.22. The van der Waals surface area contributed by atoms with E-state index in [1.807, 2.05) is 0 Å². The van der Waals surface area contributed by atoms with Crippen LogP contribution in [0.3, 0.4) is 0 Å². The van der Waals surface area contributed by atoms with Gasteiger partial charge in [-0.1, -0.05) is 12.8 Å². The first-order chi connectivity index (χ1) is 12.4. The Morgan fingerprint density at radius 2 is 1.78 bits per heavy atom. The van der Waals surface area contributed by atoms with E-state index in [2.05, 4.69) is 15.6 Å². The van der Waals surface area contributed by atoms with Gasteiger partial charge in [0, 0.05) is 18.7 Å². The van der Waals surface area contributed by atoms with Gasteiger partial charge >= 0.3 is 0 Å². The van der Waals surface area contributed by atoms with Crippen LogP contribution in [0.2, 0.25) is 0 Å². The molecule has 0 bridgehead atoms. The number of hydrogen-bond acceptors (Lipinski definition) is 3. The monoisotopic (exact) mass is 513 g/mol. The van der Waals surface area contributed by atoms with E-state index in [0.29, 0.717) is 30.5 Å². The molecule has 1 aliphatic heterocycles. The molecule has 152 valence electrons. The molecule has 27 heavy (non-hydrogen) atoms. The van der Waals surface area contributed by atoms with Crippen LogP contribution >= 0.6 is 24.0 Å².